The van der Waals surface area contributed by atoms with E-state index in [9.17, 15) is 0 Å². The first kappa shape index (κ1) is 11.5. The van der Waals surface area contributed by atoms with Gasteiger partial charge in [-0.15, -0.1) is 12.3 Å². The lowest BCUT2D eigenvalue weighted by molar-refractivity contribution is 0.0425. The van der Waals surface area contributed by atoms with Gasteiger partial charge in [-0.3, -0.25) is 0 Å². The first-order valence-corrected chi connectivity index (χ1v) is 4.40. The molecule has 0 saturated heterocycles. The minimum absolute atomic E-state index is 0.0462. The minimum atomic E-state index is -0.309. The van der Waals surface area contributed by atoms with Gasteiger partial charge in [-0.1, -0.05) is 6.92 Å². The molecule has 0 radical (unpaired) electrons. The Bertz CT molecular complexity index is 134. The van der Waals surface area contributed by atoms with Crippen molar-refractivity contribution in [3.8, 4) is 12.3 Å². The quantitative estimate of drug-likeness (QED) is 0.464. The van der Waals surface area contributed by atoms with Crippen LogP contribution in [0.2, 0.25) is 0 Å². The SMILES string of the molecule is C#CCCCC(CC)(CO)CO. The summed E-state index contributed by atoms with van der Waals surface area (Å²) < 4.78 is 0. The van der Waals surface area contributed by atoms with Crippen molar-refractivity contribution in [2.75, 3.05) is 13.2 Å². The number of rotatable bonds is 6. The molecular formula is C10H18O2. The van der Waals surface area contributed by atoms with E-state index >= 15 is 0 Å². The summed E-state index contributed by atoms with van der Waals surface area (Å²) in [7, 11) is 0. The van der Waals surface area contributed by atoms with Crippen LogP contribution in [0.4, 0.5) is 0 Å². The van der Waals surface area contributed by atoms with Crippen LogP contribution in [0.25, 0.3) is 0 Å². The van der Waals surface area contributed by atoms with E-state index in [4.69, 9.17) is 16.6 Å². The molecule has 0 aliphatic carbocycles. The second kappa shape index (κ2) is 6.05. The smallest absolute Gasteiger partial charge is 0.0509 e. The van der Waals surface area contributed by atoms with Crippen molar-refractivity contribution in [1.29, 1.82) is 0 Å². The maximum absolute atomic E-state index is 9.06. The molecule has 0 rings (SSSR count). The van der Waals surface area contributed by atoms with Gasteiger partial charge in [0, 0.05) is 11.8 Å². The monoisotopic (exact) mass is 170 g/mol. The molecule has 0 fully saturated rings. The molecule has 2 nitrogen and oxygen atoms in total. The summed E-state index contributed by atoms with van der Waals surface area (Å²) in [6.07, 6.45) is 8.31. The molecule has 2 N–H and O–H groups in total. The molecule has 0 amide bonds. The van der Waals surface area contributed by atoms with Crippen LogP contribution in [-0.4, -0.2) is 23.4 Å². The van der Waals surface area contributed by atoms with E-state index in [-0.39, 0.29) is 18.6 Å². The summed E-state index contributed by atoms with van der Waals surface area (Å²) in [6.45, 7) is 2.07. The van der Waals surface area contributed by atoms with Gasteiger partial charge in [0.2, 0.25) is 0 Å². The normalized spacial score (nSPS) is 11.2. The summed E-state index contributed by atoms with van der Waals surface area (Å²) in [4.78, 5) is 0. The highest BCUT2D eigenvalue weighted by Crippen LogP contribution is 2.27. The van der Waals surface area contributed by atoms with Crippen LogP contribution in [0.5, 0.6) is 0 Å². The average Bonchev–Trinajstić information content (AvgIpc) is 2.14. The van der Waals surface area contributed by atoms with Crippen molar-refractivity contribution in [1.82, 2.24) is 0 Å². The van der Waals surface area contributed by atoms with Gasteiger partial charge in [0.15, 0.2) is 0 Å². The summed E-state index contributed by atoms with van der Waals surface area (Å²) in [5.41, 5.74) is -0.309. The topological polar surface area (TPSA) is 40.5 Å². The average molecular weight is 170 g/mol. The molecule has 0 heterocycles. The fourth-order valence-electron chi connectivity index (χ4n) is 1.17. The number of aliphatic hydroxyl groups is 2. The highest BCUT2D eigenvalue weighted by molar-refractivity contribution is 4.85. The molecular weight excluding hydrogens is 152 g/mol. The van der Waals surface area contributed by atoms with E-state index < -0.39 is 0 Å². The standard InChI is InChI=1S/C10H18O2/c1-3-5-6-7-10(4-2,8-11)9-12/h1,11-12H,4-9H2,2H3. The van der Waals surface area contributed by atoms with Crippen molar-refractivity contribution >= 4 is 0 Å². The van der Waals surface area contributed by atoms with Gasteiger partial charge in [-0.25, -0.2) is 0 Å². The Morgan fingerprint density at radius 2 is 1.92 bits per heavy atom. The third kappa shape index (κ3) is 3.25. The third-order valence-corrected chi connectivity index (χ3v) is 2.45. The lowest BCUT2D eigenvalue weighted by atomic mass is 9.82. The molecule has 0 bridgehead atoms. The zero-order valence-electron chi connectivity index (χ0n) is 7.71. The van der Waals surface area contributed by atoms with Gasteiger partial charge in [0.25, 0.3) is 0 Å². The molecule has 0 aromatic carbocycles. The van der Waals surface area contributed by atoms with Crippen LogP contribution in [0.3, 0.4) is 0 Å². The Morgan fingerprint density at radius 1 is 1.33 bits per heavy atom. The summed E-state index contributed by atoms with van der Waals surface area (Å²) in [5, 5.41) is 18.1. The minimum Gasteiger partial charge on any atom is -0.396 e. The molecule has 12 heavy (non-hydrogen) atoms. The van der Waals surface area contributed by atoms with Gasteiger partial charge < -0.3 is 10.2 Å². The van der Waals surface area contributed by atoms with Crippen molar-refractivity contribution < 1.29 is 10.2 Å². The molecule has 2 heteroatoms. The largest absolute Gasteiger partial charge is 0.396 e. The Kier molecular flexibility index (Phi) is 5.79. The number of unbranched alkanes of at least 4 members (excludes halogenated alkanes) is 1. The van der Waals surface area contributed by atoms with Crippen molar-refractivity contribution in [2.45, 2.75) is 32.6 Å². The Hall–Kier alpha value is -0.520. The Balaban J connectivity index is 3.86. The van der Waals surface area contributed by atoms with E-state index in [2.05, 4.69) is 5.92 Å². The van der Waals surface area contributed by atoms with Crippen molar-refractivity contribution in [3.05, 3.63) is 0 Å². The fourth-order valence-corrected chi connectivity index (χ4v) is 1.17. The summed E-state index contributed by atoms with van der Waals surface area (Å²) >= 11 is 0. The third-order valence-electron chi connectivity index (χ3n) is 2.45. The first-order chi connectivity index (χ1) is 5.74. The number of aliphatic hydroxyl groups excluding tert-OH is 2. The first-order valence-electron chi connectivity index (χ1n) is 4.40. The van der Waals surface area contributed by atoms with E-state index in [1.54, 1.807) is 0 Å². The van der Waals surface area contributed by atoms with Crippen LogP contribution >= 0.6 is 0 Å². The zero-order valence-corrected chi connectivity index (χ0v) is 7.71. The molecule has 0 atom stereocenters. The maximum Gasteiger partial charge on any atom is 0.0509 e. The van der Waals surface area contributed by atoms with Gasteiger partial charge >= 0.3 is 0 Å². The van der Waals surface area contributed by atoms with Gasteiger partial charge in [0.1, 0.15) is 0 Å². The lowest BCUT2D eigenvalue weighted by Gasteiger charge is -2.27. The van der Waals surface area contributed by atoms with Gasteiger partial charge in [-0.05, 0) is 19.3 Å². The molecule has 0 aromatic heterocycles. The van der Waals surface area contributed by atoms with Crippen LogP contribution in [0.1, 0.15) is 32.6 Å². The predicted octanol–water partition coefficient (Wildman–Crippen LogP) is 1.17. The molecule has 0 aliphatic rings. The van der Waals surface area contributed by atoms with Gasteiger partial charge in [-0.2, -0.15) is 0 Å². The molecule has 70 valence electrons. The summed E-state index contributed by atoms with van der Waals surface area (Å²) in [6, 6.07) is 0. The van der Waals surface area contributed by atoms with Crippen LogP contribution in [-0.2, 0) is 0 Å². The van der Waals surface area contributed by atoms with E-state index in [1.807, 2.05) is 6.92 Å². The Labute approximate surface area is 74.6 Å². The molecule has 0 saturated carbocycles. The van der Waals surface area contributed by atoms with E-state index in [0.29, 0.717) is 0 Å². The van der Waals surface area contributed by atoms with Gasteiger partial charge in [0.05, 0.1) is 13.2 Å². The fraction of sp³-hybridized carbons (Fsp3) is 0.800. The molecule has 0 spiro atoms. The highest BCUT2D eigenvalue weighted by Gasteiger charge is 2.25. The van der Waals surface area contributed by atoms with Crippen LogP contribution < -0.4 is 0 Å². The molecule has 0 aliphatic heterocycles. The van der Waals surface area contributed by atoms with E-state index in [0.717, 1.165) is 25.7 Å². The lowest BCUT2D eigenvalue weighted by Crippen LogP contribution is -2.28. The second-order valence-electron chi connectivity index (χ2n) is 3.23. The molecule has 0 unspecified atom stereocenters. The molecule has 0 aromatic rings. The predicted molar refractivity (Wildman–Crippen MR) is 49.6 cm³/mol. The second-order valence-corrected chi connectivity index (χ2v) is 3.23. The van der Waals surface area contributed by atoms with Crippen LogP contribution in [0, 0.1) is 17.8 Å². The zero-order chi connectivity index (χ0) is 9.45. The number of hydrogen-bond acceptors (Lipinski definition) is 2. The van der Waals surface area contributed by atoms with E-state index in [1.165, 1.54) is 0 Å². The van der Waals surface area contributed by atoms with Crippen molar-refractivity contribution in [3.63, 3.8) is 0 Å². The number of terminal acetylenes is 1. The Morgan fingerprint density at radius 3 is 2.25 bits per heavy atom. The van der Waals surface area contributed by atoms with Crippen molar-refractivity contribution in [2.24, 2.45) is 5.41 Å². The summed E-state index contributed by atoms with van der Waals surface area (Å²) in [5.74, 6) is 2.55. The van der Waals surface area contributed by atoms with Crippen LogP contribution in [0.15, 0.2) is 0 Å². The maximum atomic E-state index is 9.06. The highest BCUT2D eigenvalue weighted by atomic mass is 16.3. The number of hydrogen-bond donors (Lipinski definition) is 2.